The molecule has 1 heterocycles. The number of hydrogen-bond acceptors (Lipinski definition) is 3. The maximum Gasteiger partial charge on any atom is 0.209 e. The van der Waals surface area contributed by atoms with E-state index in [-0.39, 0.29) is 19.0 Å². The molecule has 11 heavy (non-hydrogen) atoms. The maximum atomic E-state index is 10.1. The first-order chi connectivity index (χ1) is 6.04. The molecule has 1 fully saturated rings. The third-order valence-electron chi connectivity index (χ3n) is 1.32. The molecular weight excluding hydrogens is 168 g/mol. The second-order valence-electron chi connectivity index (χ2n) is 2.09. The Hall–Kier alpha value is -0.320. The van der Waals surface area contributed by atoms with Gasteiger partial charge in [-0.2, -0.15) is 0 Å². The molecule has 0 bridgehead atoms. The molecule has 1 unspecified atom stereocenters. The topological polar surface area (TPSA) is 41.6 Å². The van der Waals surface area contributed by atoms with Crippen molar-refractivity contribution in [1.82, 2.24) is 10.2 Å². The summed E-state index contributed by atoms with van der Waals surface area (Å²) in [5, 5.41) is 2.39. The minimum Gasteiger partial charge on any atom is -0.356 e. The molecule has 1 amide bonds. The standard InChI is InChI=1S/C6H12N2O2.ClH/c1-8-2-3-10-6(4-8)7-5-9;/h5-6H,2-4H2,1H3,(H,7,9);1H/i1D3;. The van der Waals surface area contributed by atoms with Gasteiger partial charge in [-0.3, -0.25) is 9.69 Å². The van der Waals surface area contributed by atoms with E-state index in [2.05, 4.69) is 5.32 Å². The lowest BCUT2D eigenvalue weighted by atomic mass is 10.4. The number of morpholine rings is 1. The largest absolute Gasteiger partial charge is 0.356 e. The van der Waals surface area contributed by atoms with Crippen LogP contribution in [0.3, 0.4) is 0 Å². The minimum atomic E-state index is -2.10. The number of hydrogen-bond donors (Lipinski definition) is 1. The monoisotopic (exact) mass is 183 g/mol. The zero-order chi connectivity index (χ0) is 9.90. The quantitative estimate of drug-likeness (QED) is 0.584. The van der Waals surface area contributed by atoms with E-state index in [1.165, 1.54) is 4.90 Å². The van der Waals surface area contributed by atoms with Gasteiger partial charge < -0.3 is 10.1 Å². The van der Waals surface area contributed by atoms with Crippen LogP contribution in [-0.2, 0) is 9.53 Å². The first-order valence-corrected chi connectivity index (χ1v) is 3.10. The smallest absolute Gasteiger partial charge is 0.209 e. The molecule has 5 heteroatoms. The van der Waals surface area contributed by atoms with Crippen LogP contribution in [0.25, 0.3) is 0 Å². The fourth-order valence-corrected chi connectivity index (χ4v) is 0.826. The van der Waals surface area contributed by atoms with Gasteiger partial charge in [0, 0.05) is 17.2 Å². The molecule has 4 nitrogen and oxygen atoms in total. The van der Waals surface area contributed by atoms with Gasteiger partial charge in [0.2, 0.25) is 6.41 Å². The molecule has 1 atom stereocenters. The molecule has 1 aliphatic heterocycles. The van der Waals surface area contributed by atoms with Gasteiger partial charge in [0.15, 0.2) is 0 Å². The van der Waals surface area contributed by atoms with Crippen molar-refractivity contribution in [2.24, 2.45) is 0 Å². The average molecular weight is 184 g/mol. The van der Waals surface area contributed by atoms with E-state index in [1.54, 1.807) is 0 Å². The number of amides is 1. The molecule has 1 rings (SSSR count). The van der Waals surface area contributed by atoms with Crippen LogP contribution in [0, 0.1) is 0 Å². The third kappa shape index (κ3) is 3.55. The Morgan fingerprint density at radius 2 is 2.73 bits per heavy atom. The Morgan fingerprint density at radius 1 is 1.91 bits per heavy atom. The number of nitrogens with one attached hydrogen (secondary N) is 1. The normalized spacial score (nSPS) is 30.5. The van der Waals surface area contributed by atoms with Gasteiger partial charge in [0.1, 0.15) is 6.23 Å². The van der Waals surface area contributed by atoms with Crippen molar-refractivity contribution in [2.45, 2.75) is 6.23 Å². The summed E-state index contributed by atoms with van der Waals surface area (Å²) in [5.41, 5.74) is 0. The van der Waals surface area contributed by atoms with Crippen molar-refractivity contribution in [1.29, 1.82) is 0 Å². The van der Waals surface area contributed by atoms with E-state index in [1.807, 2.05) is 0 Å². The van der Waals surface area contributed by atoms with E-state index in [0.29, 0.717) is 19.6 Å². The summed E-state index contributed by atoms with van der Waals surface area (Å²) in [7, 11) is 0. The third-order valence-corrected chi connectivity index (χ3v) is 1.32. The highest BCUT2D eigenvalue weighted by Gasteiger charge is 2.15. The number of likely N-dealkylation sites (N-methyl/N-ethyl adjacent to an activating group) is 1. The molecular formula is C6H13ClN2O2. The van der Waals surface area contributed by atoms with Crippen LogP contribution in [0.4, 0.5) is 0 Å². The first-order valence-electron chi connectivity index (χ1n) is 4.60. The lowest BCUT2D eigenvalue weighted by molar-refractivity contribution is -0.116. The zero-order valence-corrected chi connectivity index (χ0v) is 6.76. The lowest BCUT2D eigenvalue weighted by Crippen LogP contribution is -2.47. The fraction of sp³-hybridized carbons (Fsp3) is 0.833. The molecule has 1 aliphatic rings. The molecule has 0 aromatic heterocycles. The van der Waals surface area contributed by atoms with Crippen molar-refractivity contribution in [3.63, 3.8) is 0 Å². The van der Waals surface area contributed by atoms with E-state index in [4.69, 9.17) is 8.85 Å². The maximum absolute atomic E-state index is 10.1. The van der Waals surface area contributed by atoms with Gasteiger partial charge in [-0.05, 0) is 6.98 Å². The summed E-state index contributed by atoms with van der Waals surface area (Å²) < 4.78 is 26.5. The molecule has 0 saturated carbocycles. The molecule has 0 radical (unpaired) electrons. The van der Waals surface area contributed by atoms with Crippen LogP contribution in [0.2, 0.25) is 0 Å². The second-order valence-corrected chi connectivity index (χ2v) is 2.09. The second kappa shape index (κ2) is 5.35. The van der Waals surface area contributed by atoms with Crippen LogP contribution in [0.15, 0.2) is 0 Å². The number of rotatable bonds is 2. The van der Waals surface area contributed by atoms with Crippen molar-refractivity contribution in [3.8, 4) is 0 Å². The van der Waals surface area contributed by atoms with E-state index in [9.17, 15) is 4.79 Å². The SMILES string of the molecule is Cl.[2H]C([2H])([2H])N1CCOC(NC=O)C1. The molecule has 66 valence electrons. The van der Waals surface area contributed by atoms with Crippen LogP contribution < -0.4 is 5.32 Å². The van der Waals surface area contributed by atoms with Gasteiger partial charge in [0.05, 0.1) is 6.61 Å². The number of carbonyl (C=O) groups is 1. The van der Waals surface area contributed by atoms with Crippen LogP contribution in [-0.4, -0.2) is 44.2 Å². The van der Waals surface area contributed by atoms with Crippen molar-refractivity contribution in [3.05, 3.63) is 0 Å². The van der Waals surface area contributed by atoms with Crippen molar-refractivity contribution < 1.29 is 13.6 Å². The van der Waals surface area contributed by atoms with E-state index in [0.717, 1.165) is 0 Å². The van der Waals surface area contributed by atoms with Crippen LogP contribution >= 0.6 is 12.4 Å². The highest BCUT2D eigenvalue weighted by atomic mass is 35.5. The first kappa shape index (κ1) is 6.22. The summed E-state index contributed by atoms with van der Waals surface area (Å²) in [6, 6.07) is 0. The number of nitrogens with zero attached hydrogens (tertiary/aromatic N) is 1. The fourth-order valence-electron chi connectivity index (χ4n) is 0.826. The Labute approximate surface area is 76.5 Å². The van der Waals surface area contributed by atoms with Gasteiger partial charge in [-0.15, -0.1) is 12.4 Å². The zero-order valence-electron chi connectivity index (χ0n) is 8.95. The summed E-state index contributed by atoms with van der Waals surface area (Å²) in [6.45, 7) is -1.21. The van der Waals surface area contributed by atoms with E-state index < -0.39 is 13.2 Å². The number of ether oxygens (including phenoxy) is 1. The van der Waals surface area contributed by atoms with Gasteiger partial charge in [-0.1, -0.05) is 0 Å². The van der Waals surface area contributed by atoms with Gasteiger partial charge in [0.25, 0.3) is 0 Å². The molecule has 0 aromatic rings. The highest BCUT2D eigenvalue weighted by Crippen LogP contribution is 1.97. The summed E-state index contributed by atoms with van der Waals surface area (Å²) in [4.78, 5) is 11.4. The predicted octanol–water partition coefficient (Wildman–Crippen LogP) is -0.558. The average Bonchev–Trinajstić information content (AvgIpc) is 2.04. The van der Waals surface area contributed by atoms with Crippen LogP contribution in [0.1, 0.15) is 4.11 Å². The Balaban J connectivity index is 0.00000169. The Kier molecular flexibility index (Phi) is 3.02. The summed E-state index contributed by atoms with van der Waals surface area (Å²) >= 11 is 0. The van der Waals surface area contributed by atoms with E-state index >= 15 is 0 Å². The molecule has 1 saturated heterocycles. The lowest BCUT2D eigenvalue weighted by Gasteiger charge is -2.29. The Bertz CT molecular complexity index is 190. The molecule has 0 spiro atoms. The number of carbonyl (C=O) groups excluding carboxylic acids is 1. The van der Waals surface area contributed by atoms with Gasteiger partial charge >= 0.3 is 0 Å². The van der Waals surface area contributed by atoms with Gasteiger partial charge in [-0.25, -0.2) is 0 Å². The number of halogens is 1. The predicted molar refractivity (Wildman–Crippen MR) is 43.7 cm³/mol. The molecule has 0 aliphatic carbocycles. The summed E-state index contributed by atoms with van der Waals surface area (Å²) in [5.74, 6) is 0. The minimum absolute atomic E-state index is 0. The molecule has 1 N–H and O–H groups in total. The highest BCUT2D eigenvalue weighted by molar-refractivity contribution is 5.85. The molecule has 0 aromatic carbocycles. The van der Waals surface area contributed by atoms with Crippen LogP contribution in [0.5, 0.6) is 0 Å². The summed E-state index contributed by atoms with van der Waals surface area (Å²) in [6.07, 6.45) is -0.0000855. The Morgan fingerprint density at radius 3 is 3.36 bits per heavy atom. The van der Waals surface area contributed by atoms with Crippen molar-refractivity contribution >= 4 is 18.8 Å². The van der Waals surface area contributed by atoms with Crippen molar-refractivity contribution in [2.75, 3.05) is 26.7 Å².